The summed E-state index contributed by atoms with van der Waals surface area (Å²) in [5.41, 5.74) is 3.68. The Labute approximate surface area is 169 Å². The van der Waals surface area contributed by atoms with Gasteiger partial charge >= 0.3 is 0 Å². The van der Waals surface area contributed by atoms with Gasteiger partial charge in [0.25, 0.3) is 0 Å². The minimum absolute atomic E-state index is 0.241. The van der Waals surface area contributed by atoms with Gasteiger partial charge in [-0.25, -0.2) is 13.9 Å². The van der Waals surface area contributed by atoms with Gasteiger partial charge in [0.2, 0.25) is 5.88 Å². The number of hydroxylamine groups is 1. The van der Waals surface area contributed by atoms with Crippen molar-refractivity contribution in [3.63, 3.8) is 0 Å². The third-order valence-corrected chi connectivity index (χ3v) is 5.38. The molecule has 0 aliphatic carbocycles. The van der Waals surface area contributed by atoms with E-state index in [9.17, 15) is 8.42 Å². The molecule has 0 amide bonds. The van der Waals surface area contributed by atoms with Crippen molar-refractivity contribution < 1.29 is 22.7 Å². The fourth-order valence-corrected chi connectivity index (χ4v) is 3.41. The van der Waals surface area contributed by atoms with Gasteiger partial charge in [-0.15, -0.1) is 0 Å². The van der Waals surface area contributed by atoms with Crippen molar-refractivity contribution in [3.05, 3.63) is 96.4 Å². The summed E-state index contributed by atoms with van der Waals surface area (Å²) < 4.78 is 34.5. The number of nitrogens with one attached hydrogen (secondary N) is 1. The first-order chi connectivity index (χ1) is 14.0. The number of para-hydroxylation sites is 1. The zero-order valence-electron chi connectivity index (χ0n) is 15.6. The molecule has 0 unspecified atom stereocenters. The van der Waals surface area contributed by atoms with Crippen LogP contribution >= 0.6 is 0 Å². The van der Waals surface area contributed by atoms with Crippen molar-refractivity contribution in [2.45, 2.75) is 11.0 Å². The molecule has 0 saturated carbocycles. The van der Waals surface area contributed by atoms with Crippen molar-refractivity contribution in [1.29, 1.82) is 0 Å². The van der Waals surface area contributed by atoms with Crippen LogP contribution < -0.4 is 15.0 Å². The second-order valence-electron chi connectivity index (χ2n) is 6.50. The molecule has 1 N–H and O–H groups in total. The molecule has 7 heteroatoms. The van der Waals surface area contributed by atoms with Gasteiger partial charge in [-0.3, -0.25) is 4.84 Å². The molecule has 148 valence electrons. The van der Waals surface area contributed by atoms with E-state index >= 15 is 0 Å². The van der Waals surface area contributed by atoms with E-state index in [2.05, 4.69) is 5.48 Å². The third-order valence-electron chi connectivity index (χ3n) is 4.26. The summed E-state index contributed by atoms with van der Waals surface area (Å²) >= 11 is 0. The van der Waals surface area contributed by atoms with Crippen LogP contribution in [0.25, 0.3) is 0 Å². The van der Waals surface area contributed by atoms with Crippen LogP contribution in [0.1, 0.15) is 11.7 Å². The van der Waals surface area contributed by atoms with Gasteiger partial charge in [-0.1, -0.05) is 30.3 Å². The number of sulfone groups is 1. The van der Waals surface area contributed by atoms with E-state index in [4.69, 9.17) is 14.3 Å². The molecule has 0 radical (unpaired) electrons. The summed E-state index contributed by atoms with van der Waals surface area (Å²) in [6, 6.07) is 23.4. The largest absolute Gasteiger partial charge is 0.457 e. The second kappa shape index (κ2) is 7.98. The van der Waals surface area contributed by atoms with Gasteiger partial charge < -0.3 is 9.47 Å². The molecule has 1 atom stereocenters. The highest BCUT2D eigenvalue weighted by Crippen LogP contribution is 2.28. The molecule has 6 nitrogen and oxygen atoms in total. The molecule has 0 aromatic heterocycles. The third kappa shape index (κ3) is 4.77. The molecule has 1 aliphatic rings. The monoisotopic (exact) mass is 409 g/mol. The lowest BCUT2D eigenvalue weighted by molar-refractivity contribution is 0.0273. The number of benzene rings is 3. The van der Waals surface area contributed by atoms with Crippen LogP contribution in [0, 0.1) is 0 Å². The van der Waals surface area contributed by atoms with E-state index in [1.807, 2.05) is 54.6 Å². The van der Waals surface area contributed by atoms with Crippen molar-refractivity contribution in [2.24, 2.45) is 0 Å². The van der Waals surface area contributed by atoms with Gasteiger partial charge in [0, 0.05) is 12.3 Å². The van der Waals surface area contributed by atoms with Crippen LogP contribution in [0.3, 0.4) is 0 Å². The molecular formula is C22H19NO5S. The van der Waals surface area contributed by atoms with E-state index < -0.39 is 9.84 Å². The Morgan fingerprint density at radius 2 is 1.38 bits per heavy atom. The van der Waals surface area contributed by atoms with E-state index in [-0.39, 0.29) is 11.0 Å². The van der Waals surface area contributed by atoms with Gasteiger partial charge in [0.1, 0.15) is 23.4 Å². The van der Waals surface area contributed by atoms with E-state index in [0.717, 1.165) is 17.1 Å². The molecule has 0 spiro atoms. The summed E-state index contributed by atoms with van der Waals surface area (Å²) in [6.45, 7) is 0. The average Bonchev–Trinajstić information content (AvgIpc) is 3.17. The summed E-state index contributed by atoms with van der Waals surface area (Å²) in [5.74, 6) is 2.45. The lowest BCUT2D eigenvalue weighted by Crippen LogP contribution is -2.12. The van der Waals surface area contributed by atoms with Crippen LogP contribution in [0.5, 0.6) is 17.2 Å². The highest BCUT2D eigenvalue weighted by molar-refractivity contribution is 7.90. The van der Waals surface area contributed by atoms with Crippen molar-refractivity contribution in [1.82, 2.24) is 5.48 Å². The minimum atomic E-state index is -3.24. The molecule has 1 heterocycles. The number of rotatable bonds is 6. The predicted molar refractivity (Wildman–Crippen MR) is 108 cm³/mol. The lowest BCUT2D eigenvalue weighted by Gasteiger charge is -2.09. The van der Waals surface area contributed by atoms with Crippen LogP contribution in [-0.4, -0.2) is 14.7 Å². The summed E-state index contributed by atoms with van der Waals surface area (Å²) in [7, 11) is -3.24. The number of hydrogen-bond acceptors (Lipinski definition) is 6. The maximum atomic E-state index is 11.5. The predicted octanol–water partition coefficient (Wildman–Crippen LogP) is 4.38. The first-order valence-electron chi connectivity index (χ1n) is 8.92. The van der Waals surface area contributed by atoms with Crippen molar-refractivity contribution in [2.75, 3.05) is 6.26 Å². The summed E-state index contributed by atoms with van der Waals surface area (Å²) in [5, 5.41) is 0. The lowest BCUT2D eigenvalue weighted by atomic mass is 10.1. The Kier molecular flexibility index (Phi) is 5.24. The molecule has 29 heavy (non-hydrogen) atoms. The average molecular weight is 409 g/mol. The molecule has 1 aliphatic heterocycles. The molecule has 0 bridgehead atoms. The minimum Gasteiger partial charge on any atom is -0.457 e. The highest BCUT2D eigenvalue weighted by Gasteiger charge is 2.20. The maximum absolute atomic E-state index is 11.5. The zero-order chi connectivity index (χ0) is 20.3. The Balaban J connectivity index is 1.40. The molecule has 0 fully saturated rings. The summed E-state index contributed by atoms with van der Waals surface area (Å²) in [4.78, 5) is 5.80. The summed E-state index contributed by atoms with van der Waals surface area (Å²) in [6.07, 6.45) is 2.65. The fourth-order valence-electron chi connectivity index (χ4n) is 2.78. The smallest absolute Gasteiger partial charge is 0.216 e. The first kappa shape index (κ1) is 19.0. The van der Waals surface area contributed by atoms with Gasteiger partial charge in [-0.2, -0.15) is 0 Å². The number of hydrogen-bond donors (Lipinski definition) is 1. The van der Waals surface area contributed by atoms with E-state index in [1.165, 1.54) is 18.4 Å². The van der Waals surface area contributed by atoms with Gasteiger partial charge in [0.05, 0.1) is 4.90 Å². The normalized spacial score (nSPS) is 16.0. The fraction of sp³-hybridized carbons (Fsp3) is 0.0909. The standard InChI is InChI=1S/C22H19NO5S/c1-29(24,25)20-13-11-19(12-14-20)27-22-15-21(28-23-22)16-7-9-18(10-8-16)26-17-5-3-2-4-6-17/h2-15,21,23H,1H3/t21-/m1/s1. The van der Waals surface area contributed by atoms with Gasteiger partial charge in [-0.05, 0) is 54.1 Å². The molecular weight excluding hydrogens is 390 g/mol. The van der Waals surface area contributed by atoms with Crippen LogP contribution in [0.15, 0.2) is 95.7 Å². The SMILES string of the molecule is CS(=O)(=O)c1ccc(OC2=C[C@H](c3ccc(Oc4ccccc4)cc3)ON2)cc1. The van der Waals surface area contributed by atoms with Gasteiger partial charge in [0.15, 0.2) is 9.84 Å². The highest BCUT2D eigenvalue weighted by atomic mass is 32.2. The molecule has 3 aromatic carbocycles. The van der Waals surface area contributed by atoms with Crippen molar-refractivity contribution in [3.8, 4) is 17.2 Å². The Bertz CT molecular complexity index is 1110. The molecule has 3 aromatic rings. The van der Waals surface area contributed by atoms with Crippen LogP contribution in [0.2, 0.25) is 0 Å². The van der Waals surface area contributed by atoms with Crippen molar-refractivity contribution >= 4 is 9.84 Å². The van der Waals surface area contributed by atoms with E-state index in [0.29, 0.717) is 11.6 Å². The maximum Gasteiger partial charge on any atom is 0.216 e. The van der Waals surface area contributed by atoms with Crippen LogP contribution in [0.4, 0.5) is 0 Å². The molecule has 0 saturated heterocycles. The molecule has 4 rings (SSSR count). The van der Waals surface area contributed by atoms with Crippen LogP contribution in [-0.2, 0) is 14.7 Å². The topological polar surface area (TPSA) is 73.9 Å². The quantitative estimate of drug-likeness (QED) is 0.651. The Morgan fingerprint density at radius 1 is 0.793 bits per heavy atom. The van der Waals surface area contributed by atoms with E-state index in [1.54, 1.807) is 18.2 Å². The second-order valence-corrected chi connectivity index (χ2v) is 8.52. The Hall–Kier alpha value is -3.29. The Morgan fingerprint density at radius 3 is 2.03 bits per heavy atom. The zero-order valence-corrected chi connectivity index (χ0v) is 16.4. The number of ether oxygens (including phenoxy) is 2. The first-order valence-corrected chi connectivity index (χ1v) is 10.8.